The predicted octanol–water partition coefficient (Wildman–Crippen LogP) is 13.9. The minimum absolute atomic E-state index is 0.121. The summed E-state index contributed by atoms with van der Waals surface area (Å²) in [7, 11) is 0. The third kappa shape index (κ3) is 41.3. The van der Waals surface area contributed by atoms with E-state index in [9.17, 15) is 14.4 Å². The van der Waals surface area contributed by atoms with E-state index in [0.29, 0.717) is 6.42 Å². The van der Waals surface area contributed by atoms with Gasteiger partial charge in [-0.3, -0.25) is 14.4 Å². The molecule has 0 saturated heterocycles. The van der Waals surface area contributed by atoms with Gasteiger partial charge in [-0.25, -0.2) is 0 Å². The number of carbonyl (C=O) groups is 3. The van der Waals surface area contributed by atoms with Crippen LogP contribution in [0, 0.1) is 0 Å². The molecule has 0 fully saturated rings. The molecule has 0 aliphatic carbocycles. The zero-order chi connectivity index (χ0) is 40.1. The molecule has 0 aliphatic rings. The number of allylic oxidation sites excluding steroid dienone is 15. The van der Waals surface area contributed by atoms with Gasteiger partial charge in [0.05, 0.1) is 6.42 Å². The fourth-order valence-electron chi connectivity index (χ4n) is 5.30. The second-order valence-corrected chi connectivity index (χ2v) is 13.9. The van der Waals surface area contributed by atoms with Crippen molar-refractivity contribution in [2.24, 2.45) is 0 Å². The van der Waals surface area contributed by atoms with Crippen LogP contribution in [0.1, 0.15) is 175 Å². The number of rotatable bonds is 37. The van der Waals surface area contributed by atoms with E-state index < -0.39 is 12.1 Å². The Kier molecular flexibility index (Phi) is 40.2. The Morgan fingerprint density at radius 1 is 0.400 bits per heavy atom. The van der Waals surface area contributed by atoms with Gasteiger partial charge in [0.15, 0.2) is 6.10 Å². The van der Waals surface area contributed by atoms with Crippen LogP contribution in [0.25, 0.3) is 0 Å². The molecule has 0 spiro atoms. The minimum atomic E-state index is -0.837. The summed E-state index contributed by atoms with van der Waals surface area (Å²) < 4.78 is 16.5. The molecule has 1 unspecified atom stereocenters. The lowest BCUT2D eigenvalue weighted by Gasteiger charge is -2.18. The van der Waals surface area contributed by atoms with Gasteiger partial charge in [0, 0.05) is 12.8 Å². The van der Waals surface area contributed by atoms with Crippen LogP contribution in [-0.2, 0) is 28.6 Å². The molecule has 0 radical (unpaired) electrons. The van der Waals surface area contributed by atoms with Gasteiger partial charge < -0.3 is 14.2 Å². The molecule has 0 aromatic rings. The van der Waals surface area contributed by atoms with Gasteiger partial charge in [-0.1, -0.05) is 163 Å². The normalized spacial score (nSPS) is 13.0. The number of carbonyl (C=O) groups excluding carboxylic acids is 3. The van der Waals surface area contributed by atoms with Crippen LogP contribution >= 0.6 is 0 Å². The second kappa shape index (κ2) is 43.1. The first-order chi connectivity index (χ1) is 27.0. The molecule has 0 rings (SSSR count). The fraction of sp³-hybridized carbons (Fsp3) is 0.612. The Morgan fingerprint density at radius 3 is 1.40 bits per heavy atom. The van der Waals surface area contributed by atoms with Gasteiger partial charge in [-0.15, -0.1) is 0 Å². The molecule has 55 heavy (non-hydrogen) atoms. The maximum Gasteiger partial charge on any atom is 0.309 e. The molecule has 310 valence electrons. The number of ether oxygens (including phenoxy) is 3. The Morgan fingerprint density at radius 2 is 0.818 bits per heavy atom. The molecule has 0 amide bonds. The Hall–Kier alpha value is -3.67. The van der Waals surface area contributed by atoms with Crippen molar-refractivity contribution in [3.63, 3.8) is 0 Å². The number of hydrogen-bond donors (Lipinski definition) is 0. The minimum Gasteiger partial charge on any atom is -0.462 e. The van der Waals surface area contributed by atoms with E-state index >= 15 is 0 Å². The number of unbranched alkanes of at least 4 members (excludes halogenated alkanes) is 11. The Balaban J connectivity index is 4.54. The molecule has 0 heterocycles. The van der Waals surface area contributed by atoms with Gasteiger partial charge in [0.1, 0.15) is 13.2 Å². The van der Waals surface area contributed by atoms with Gasteiger partial charge >= 0.3 is 17.9 Å². The molecular weight excluding hydrogens is 685 g/mol. The van der Waals surface area contributed by atoms with Crippen LogP contribution in [0.5, 0.6) is 0 Å². The van der Waals surface area contributed by atoms with Crippen LogP contribution < -0.4 is 0 Å². The van der Waals surface area contributed by atoms with Gasteiger partial charge in [-0.05, 0) is 89.9 Å². The molecule has 0 N–H and O–H groups in total. The molecular formula is C49H78O6. The van der Waals surface area contributed by atoms with Crippen molar-refractivity contribution < 1.29 is 28.6 Å². The van der Waals surface area contributed by atoms with Gasteiger partial charge in [-0.2, -0.15) is 0 Å². The SMILES string of the molecule is CC/C=C\C/C=C\C/C=C\CC(=O)OCC(COC(=O)CCC/C=C\C/C=C\C/C=C\C/C=C\CCCCC)OC(=O)CCCCCCC/C=C\CCCC. The molecule has 0 bridgehead atoms. The first kappa shape index (κ1) is 51.3. The lowest BCUT2D eigenvalue weighted by atomic mass is 10.1. The highest BCUT2D eigenvalue weighted by atomic mass is 16.6. The van der Waals surface area contributed by atoms with E-state index in [1.54, 1.807) is 6.08 Å². The average molecular weight is 763 g/mol. The van der Waals surface area contributed by atoms with Crippen LogP contribution in [0.2, 0.25) is 0 Å². The highest BCUT2D eigenvalue weighted by molar-refractivity contribution is 5.72. The summed E-state index contributed by atoms with van der Waals surface area (Å²) in [6.45, 7) is 6.26. The van der Waals surface area contributed by atoms with E-state index in [4.69, 9.17) is 14.2 Å². The largest absolute Gasteiger partial charge is 0.462 e. The Labute approximate surface area is 337 Å². The summed E-state index contributed by atoms with van der Waals surface area (Å²) in [5.41, 5.74) is 0. The molecule has 0 aromatic carbocycles. The summed E-state index contributed by atoms with van der Waals surface area (Å²) >= 11 is 0. The Bertz CT molecular complexity index is 1150. The van der Waals surface area contributed by atoms with Crippen molar-refractivity contribution in [1.82, 2.24) is 0 Å². The van der Waals surface area contributed by atoms with Crippen molar-refractivity contribution >= 4 is 17.9 Å². The molecule has 6 heteroatoms. The van der Waals surface area contributed by atoms with Gasteiger partial charge in [0.25, 0.3) is 0 Å². The lowest BCUT2D eigenvalue weighted by molar-refractivity contribution is -0.166. The van der Waals surface area contributed by atoms with Crippen molar-refractivity contribution in [3.05, 3.63) is 97.2 Å². The van der Waals surface area contributed by atoms with Crippen LogP contribution in [-0.4, -0.2) is 37.2 Å². The van der Waals surface area contributed by atoms with E-state index in [2.05, 4.69) is 106 Å². The van der Waals surface area contributed by atoms with Crippen molar-refractivity contribution in [3.8, 4) is 0 Å². The topological polar surface area (TPSA) is 78.9 Å². The summed E-state index contributed by atoms with van der Waals surface area (Å²) in [5.74, 6) is -1.14. The quantitative estimate of drug-likeness (QED) is 0.0271. The third-order valence-electron chi connectivity index (χ3n) is 8.57. The molecule has 0 aliphatic heterocycles. The first-order valence-corrected chi connectivity index (χ1v) is 21.7. The van der Waals surface area contributed by atoms with Crippen LogP contribution in [0.15, 0.2) is 97.2 Å². The van der Waals surface area contributed by atoms with Crippen LogP contribution in [0.3, 0.4) is 0 Å². The van der Waals surface area contributed by atoms with E-state index in [-0.39, 0.29) is 44.4 Å². The maximum absolute atomic E-state index is 12.7. The van der Waals surface area contributed by atoms with Crippen molar-refractivity contribution in [2.45, 2.75) is 181 Å². The maximum atomic E-state index is 12.7. The van der Waals surface area contributed by atoms with Crippen LogP contribution in [0.4, 0.5) is 0 Å². The monoisotopic (exact) mass is 763 g/mol. The summed E-state index contributed by atoms with van der Waals surface area (Å²) in [4.78, 5) is 37.5. The standard InChI is InChI=1S/C49H78O6/c1-4-7-10-13-16-19-21-22-23-24-25-26-28-30-33-36-39-42-48(51)54-45-46(44-53-47(50)41-38-35-32-29-18-15-12-9-6-3)55-49(52)43-40-37-34-31-27-20-17-14-11-8-5-2/h9,12,14,16-19,22-23,25-26,29-30,33,35,38,46H,4-8,10-11,13,15,20-21,24,27-28,31-32,34,36-37,39-45H2,1-3H3/b12-9-,17-14-,19-16-,23-22-,26-25-,29-18-,33-30-,38-35-. The first-order valence-electron chi connectivity index (χ1n) is 21.7. The van der Waals surface area contributed by atoms with Crippen molar-refractivity contribution in [2.75, 3.05) is 13.2 Å². The molecule has 0 aromatic heterocycles. The van der Waals surface area contributed by atoms with Crippen molar-refractivity contribution in [1.29, 1.82) is 0 Å². The lowest BCUT2D eigenvalue weighted by Crippen LogP contribution is -2.30. The molecule has 0 saturated carbocycles. The molecule has 1 atom stereocenters. The average Bonchev–Trinajstić information content (AvgIpc) is 3.18. The number of esters is 3. The third-order valence-corrected chi connectivity index (χ3v) is 8.57. The highest BCUT2D eigenvalue weighted by Crippen LogP contribution is 2.11. The smallest absolute Gasteiger partial charge is 0.309 e. The predicted molar refractivity (Wildman–Crippen MR) is 233 cm³/mol. The zero-order valence-electron chi connectivity index (χ0n) is 35.1. The van der Waals surface area contributed by atoms with E-state index in [0.717, 1.165) is 89.9 Å². The van der Waals surface area contributed by atoms with E-state index in [1.807, 2.05) is 6.08 Å². The number of hydrogen-bond acceptors (Lipinski definition) is 6. The van der Waals surface area contributed by atoms with E-state index in [1.165, 1.54) is 38.5 Å². The molecule has 6 nitrogen and oxygen atoms in total. The summed E-state index contributed by atoms with van der Waals surface area (Å²) in [6, 6.07) is 0. The summed E-state index contributed by atoms with van der Waals surface area (Å²) in [5, 5.41) is 0. The highest BCUT2D eigenvalue weighted by Gasteiger charge is 2.19. The fourth-order valence-corrected chi connectivity index (χ4v) is 5.30. The summed E-state index contributed by atoms with van der Waals surface area (Å²) in [6.07, 6.45) is 55.7. The second-order valence-electron chi connectivity index (χ2n) is 13.9. The van der Waals surface area contributed by atoms with Gasteiger partial charge in [0.2, 0.25) is 0 Å². The zero-order valence-corrected chi connectivity index (χ0v) is 35.1.